The molecule has 0 aromatic heterocycles. The topological polar surface area (TPSA) is 73.9 Å². The van der Waals surface area contributed by atoms with Crippen LogP contribution in [0, 0.1) is 0 Å². The average Bonchev–Trinajstić information content (AvgIpc) is 2.93. The van der Waals surface area contributed by atoms with E-state index < -0.39 is 12.2 Å². The molecule has 6 heteroatoms. The summed E-state index contributed by atoms with van der Waals surface area (Å²) in [5, 5.41) is 2.75. The number of nitrogens with one attached hydrogen (secondary N) is 1. The average molecular weight is 548 g/mol. The van der Waals surface area contributed by atoms with Crippen molar-refractivity contribution in [3.05, 3.63) is 48.6 Å². The number of allylic oxidation sites excluding steroid dienone is 8. The number of carbonyl (C=O) groups excluding carboxylic acids is 2. The Morgan fingerprint density at radius 3 is 1.82 bits per heavy atom. The number of unbranched alkanes of at least 4 members (excludes halogenated alkanes) is 9. The van der Waals surface area contributed by atoms with E-state index in [4.69, 9.17) is 14.2 Å². The van der Waals surface area contributed by atoms with Crippen LogP contribution >= 0.6 is 0 Å². The Morgan fingerprint density at radius 1 is 0.667 bits per heavy atom. The van der Waals surface area contributed by atoms with Crippen LogP contribution in [0.4, 0.5) is 4.79 Å². The van der Waals surface area contributed by atoms with Crippen molar-refractivity contribution in [1.29, 1.82) is 0 Å². The Kier molecular flexibility index (Phi) is 28.4. The molecule has 0 aromatic carbocycles. The van der Waals surface area contributed by atoms with Crippen molar-refractivity contribution in [2.24, 2.45) is 0 Å². The van der Waals surface area contributed by atoms with E-state index in [1.165, 1.54) is 58.5 Å². The first-order valence-electron chi connectivity index (χ1n) is 15.3. The smallest absolute Gasteiger partial charge is 0.407 e. The quantitative estimate of drug-likeness (QED) is 0.0665. The molecule has 0 aliphatic heterocycles. The third kappa shape index (κ3) is 28.5. The number of carbonyl (C=O) groups is 2. The highest BCUT2D eigenvalue weighted by Gasteiger charge is 2.16. The highest BCUT2D eigenvalue weighted by molar-refractivity contribution is 5.69. The second-order valence-electron chi connectivity index (χ2n) is 9.84. The zero-order chi connectivity index (χ0) is 28.7. The highest BCUT2D eigenvalue weighted by Crippen LogP contribution is 2.06. The fourth-order valence-electron chi connectivity index (χ4n) is 3.79. The predicted molar refractivity (Wildman–Crippen MR) is 163 cm³/mol. The summed E-state index contributed by atoms with van der Waals surface area (Å²) in [4.78, 5) is 24.1. The molecule has 6 nitrogen and oxygen atoms in total. The first-order chi connectivity index (χ1) is 19.1. The number of rotatable bonds is 26. The van der Waals surface area contributed by atoms with Gasteiger partial charge in [0.2, 0.25) is 0 Å². The molecule has 0 aliphatic rings. The first kappa shape index (κ1) is 36.7. The zero-order valence-electron chi connectivity index (χ0n) is 25.2. The van der Waals surface area contributed by atoms with E-state index in [0.29, 0.717) is 19.4 Å². The third-order valence-corrected chi connectivity index (χ3v) is 6.06. The first-order valence-corrected chi connectivity index (χ1v) is 15.3. The van der Waals surface area contributed by atoms with E-state index in [9.17, 15) is 9.59 Å². The Bertz CT molecular complexity index is 684. The number of methoxy groups -OCH3 is 1. The molecule has 0 aliphatic carbocycles. The molecule has 39 heavy (non-hydrogen) atoms. The minimum absolute atomic E-state index is 0.0148. The summed E-state index contributed by atoms with van der Waals surface area (Å²) in [6.45, 7) is 5.19. The maximum absolute atomic E-state index is 12.2. The van der Waals surface area contributed by atoms with Crippen molar-refractivity contribution in [2.75, 3.05) is 26.9 Å². The van der Waals surface area contributed by atoms with Gasteiger partial charge in [-0.1, -0.05) is 107 Å². The number of esters is 1. The summed E-state index contributed by atoms with van der Waals surface area (Å²) in [6.07, 6.45) is 33.2. The van der Waals surface area contributed by atoms with Crippen LogP contribution in [0.5, 0.6) is 0 Å². The van der Waals surface area contributed by atoms with Crippen LogP contribution in [0.25, 0.3) is 0 Å². The summed E-state index contributed by atoms with van der Waals surface area (Å²) in [7, 11) is 1.53. The van der Waals surface area contributed by atoms with Crippen LogP contribution in [0.3, 0.4) is 0 Å². The van der Waals surface area contributed by atoms with Gasteiger partial charge < -0.3 is 19.5 Å². The van der Waals surface area contributed by atoms with E-state index in [1.807, 2.05) is 0 Å². The van der Waals surface area contributed by atoms with E-state index in [2.05, 4.69) is 67.8 Å². The van der Waals surface area contributed by atoms with Gasteiger partial charge in [0.1, 0.15) is 6.61 Å². The Hall–Kier alpha value is -2.34. The van der Waals surface area contributed by atoms with E-state index in [1.54, 1.807) is 0 Å². The van der Waals surface area contributed by atoms with E-state index >= 15 is 0 Å². The standard InChI is InChI=1S/C33H57NO5/c1-4-6-8-10-12-13-14-15-16-17-18-19-20-21-22-23-25-27-32(35)39-31(29-37-3)30-38-33(36)34-28-26-24-11-9-7-5-2/h12-13,15-16,18-19,21-22,31H,4-11,14,17,20,23-30H2,1-3H3,(H,34,36)/b13-12-,16-15-,19-18-,22-21-. The van der Waals surface area contributed by atoms with Crippen molar-refractivity contribution < 1.29 is 23.8 Å². The number of hydrogen-bond acceptors (Lipinski definition) is 5. The summed E-state index contributed by atoms with van der Waals surface area (Å²) in [6, 6.07) is 0. The van der Waals surface area contributed by atoms with Gasteiger partial charge in [-0.25, -0.2) is 4.79 Å². The van der Waals surface area contributed by atoms with Gasteiger partial charge in [-0.3, -0.25) is 4.79 Å². The molecule has 0 aromatic rings. The Balaban J connectivity index is 3.85. The van der Waals surface area contributed by atoms with Gasteiger partial charge in [0.25, 0.3) is 0 Å². The lowest BCUT2D eigenvalue weighted by atomic mass is 10.1. The molecule has 0 rings (SSSR count). The van der Waals surface area contributed by atoms with Crippen LogP contribution in [0.15, 0.2) is 48.6 Å². The van der Waals surface area contributed by atoms with Crippen LogP contribution < -0.4 is 5.32 Å². The maximum atomic E-state index is 12.2. The largest absolute Gasteiger partial charge is 0.456 e. The fourth-order valence-corrected chi connectivity index (χ4v) is 3.79. The van der Waals surface area contributed by atoms with Gasteiger partial charge in [0, 0.05) is 20.1 Å². The van der Waals surface area contributed by atoms with Gasteiger partial charge in [-0.05, 0) is 51.4 Å². The molecular weight excluding hydrogens is 490 g/mol. The highest BCUT2D eigenvalue weighted by atomic mass is 16.6. The van der Waals surface area contributed by atoms with Crippen LogP contribution in [0.2, 0.25) is 0 Å². The van der Waals surface area contributed by atoms with Crippen molar-refractivity contribution in [3.63, 3.8) is 0 Å². The molecule has 0 bridgehead atoms. The number of hydrogen-bond donors (Lipinski definition) is 1. The summed E-state index contributed by atoms with van der Waals surface area (Å²) in [5.74, 6) is -0.302. The lowest BCUT2D eigenvalue weighted by molar-refractivity contribution is -0.154. The minimum Gasteiger partial charge on any atom is -0.456 e. The molecule has 0 fully saturated rings. The minimum atomic E-state index is -0.598. The van der Waals surface area contributed by atoms with E-state index in [-0.39, 0.29) is 19.2 Å². The predicted octanol–water partition coefficient (Wildman–Crippen LogP) is 8.78. The van der Waals surface area contributed by atoms with Crippen LogP contribution in [-0.2, 0) is 19.0 Å². The Labute approximate surface area is 239 Å². The molecule has 0 spiro atoms. The molecule has 1 amide bonds. The molecule has 0 heterocycles. The van der Waals surface area contributed by atoms with Gasteiger partial charge in [0.05, 0.1) is 6.61 Å². The van der Waals surface area contributed by atoms with Gasteiger partial charge >= 0.3 is 12.1 Å². The lowest BCUT2D eigenvalue weighted by Gasteiger charge is -2.17. The maximum Gasteiger partial charge on any atom is 0.407 e. The van der Waals surface area contributed by atoms with Gasteiger partial charge in [0.15, 0.2) is 6.10 Å². The molecule has 0 saturated carbocycles. The number of amides is 1. The van der Waals surface area contributed by atoms with Crippen LogP contribution in [-0.4, -0.2) is 45.0 Å². The SMILES string of the molecule is CCCCC/C=C\C/C=C\C/C=C\C/C=C\CCCC(=O)OC(COC)COC(=O)NCCCCCCCC. The molecular formula is C33H57NO5. The second-order valence-corrected chi connectivity index (χ2v) is 9.84. The van der Waals surface area contributed by atoms with Crippen molar-refractivity contribution >= 4 is 12.1 Å². The molecule has 1 N–H and O–H groups in total. The normalized spacial score (nSPS) is 12.7. The van der Waals surface area contributed by atoms with Crippen LogP contribution in [0.1, 0.15) is 117 Å². The van der Waals surface area contributed by atoms with Crippen molar-refractivity contribution in [2.45, 2.75) is 123 Å². The number of ether oxygens (including phenoxy) is 3. The number of alkyl carbamates (subject to hydrolysis) is 1. The fraction of sp³-hybridized carbons (Fsp3) is 0.697. The summed E-state index contributed by atoms with van der Waals surface area (Å²) in [5.41, 5.74) is 0. The summed E-state index contributed by atoms with van der Waals surface area (Å²) >= 11 is 0. The van der Waals surface area contributed by atoms with Gasteiger partial charge in [-0.15, -0.1) is 0 Å². The second kappa shape index (κ2) is 30.2. The lowest BCUT2D eigenvalue weighted by Crippen LogP contribution is -2.33. The zero-order valence-corrected chi connectivity index (χ0v) is 25.2. The van der Waals surface area contributed by atoms with Gasteiger partial charge in [-0.2, -0.15) is 0 Å². The van der Waals surface area contributed by atoms with Crippen molar-refractivity contribution in [3.8, 4) is 0 Å². The third-order valence-electron chi connectivity index (χ3n) is 6.06. The van der Waals surface area contributed by atoms with Crippen molar-refractivity contribution in [1.82, 2.24) is 5.32 Å². The molecule has 224 valence electrons. The molecule has 1 unspecified atom stereocenters. The monoisotopic (exact) mass is 547 g/mol. The van der Waals surface area contributed by atoms with E-state index in [0.717, 1.165) is 38.5 Å². The molecule has 0 saturated heterocycles. The molecule has 1 atom stereocenters. The summed E-state index contributed by atoms with van der Waals surface area (Å²) < 4.78 is 15.8. The Morgan fingerprint density at radius 2 is 1.21 bits per heavy atom. The molecule has 0 radical (unpaired) electrons.